The molecular formula is C18H13ClFN3O5. The second-order valence-electron chi connectivity index (χ2n) is 5.98. The summed E-state index contributed by atoms with van der Waals surface area (Å²) in [5.41, 5.74) is -0.0326. The number of aromatic nitrogens is 1. The van der Waals surface area contributed by atoms with E-state index in [0.29, 0.717) is 0 Å². The number of amides is 3. The molecule has 0 saturated heterocycles. The van der Waals surface area contributed by atoms with E-state index in [1.165, 1.54) is 19.1 Å². The molecule has 0 fully saturated rings. The van der Waals surface area contributed by atoms with Gasteiger partial charge in [-0.15, -0.1) is 0 Å². The summed E-state index contributed by atoms with van der Waals surface area (Å²) in [6, 6.07) is 4.73. The maximum absolute atomic E-state index is 13.0. The molecule has 0 spiro atoms. The second-order valence-corrected chi connectivity index (χ2v) is 6.34. The number of rotatable bonds is 5. The Hall–Kier alpha value is -3.33. The molecule has 0 aliphatic carbocycles. The molecule has 0 atom stereocenters. The number of nitrogens with zero attached hydrogens (tertiary/aromatic N) is 2. The summed E-state index contributed by atoms with van der Waals surface area (Å²) in [6.45, 7) is 1.15. The molecule has 1 aliphatic rings. The van der Waals surface area contributed by atoms with Crippen LogP contribution >= 0.6 is 11.6 Å². The van der Waals surface area contributed by atoms with E-state index in [4.69, 9.17) is 16.7 Å². The SMILES string of the molecule is Cc1nc(Cl)c2c(c1NC(=O)c1ccc(F)cc1)C(=O)N(CCC(=O)O)C2=O. The van der Waals surface area contributed by atoms with Gasteiger partial charge in [0.15, 0.2) is 0 Å². The number of carbonyl (C=O) groups excluding carboxylic acids is 3. The Kier molecular flexibility index (Phi) is 5.10. The zero-order valence-corrected chi connectivity index (χ0v) is 15.2. The van der Waals surface area contributed by atoms with Crippen molar-refractivity contribution in [3.63, 3.8) is 0 Å². The monoisotopic (exact) mass is 405 g/mol. The van der Waals surface area contributed by atoms with Crippen LogP contribution in [-0.2, 0) is 4.79 Å². The predicted molar refractivity (Wildman–Crippen MR) is 96.0 cm³/mol. The van der Waals surface area contributed by atoms with Crippen molar-refractivity contribution in [1.82, 2.24) is 9.88 Å². The van der Waals surface area contributed by atoms with Gasteiger partial charge in [-0.25, -0.2) is 9.37 Å². The molecule has 1 aromatic heterocycles. The van der Waals surface area contributed by atoms with Gasteiger partial charge in [0.1, 0.15) is 11.0 Å². The average molecular weight is 406 g/mol. The van der Waals surface area contributed by atoms with Crippen LogP contribution in [0.15, 0.2) is 24.3 Å². The first-order valence-electron chi connectivity index (χ1n) is 8.05. The average Bonchev–Trinajstić information content (AvgIpc) is 2.88. The number of pyridine rings is 1. The first-order chi connectivity index (χ1) is 13.2. The van der Waals surface area contributed by atoms with Gasteiger partial charge in [0.05, 0.1) is 28.9 Å². The van der Waals surface area contributed by atoms with Gasteiger partial charge in [0.25, 0.3) is 17.7 Å². The molecule has 3 rings (SSSR count). The van der Waals surface area contributed by atoms with Gasteiger partial charge in [-0.3, -0.25) is 24.1 Å². The summed E-state index contributed by atoms with van der Waals surface area (Å²) in [6.07, 6.45) is -0.438. The molecule has 1 aromatic carbocycles. The van der Waals surface area contributed by atoms with Crippen LogP contribution in [0.3, 0.4) is 0 Å². The van der Waals surface area contributed by atoms with Gasteiger partial charge in [-0.2, -0.15) is 0 Å². The van der Waals surface area contributed by atoms with Crippen molar-refractivity contribution in [2.45, 2.75) is 13.3 Å². The summed E-state index contributed by atoms with van der Waals surface area (Å²) in [5.74, 6) is -3.89. The zero-order chi connectivity index (χ0) is 20.6. The molecule has 0 unspecified atom stereocenters. The first kappa shape index (κ1) is 19.4. The Morgan fingerprint density at radius 2 is 1.79 bits per heavy atom. The molecule has 144 valence electrons. The van der Waals surface area contributed by atoms with Gasteiger partial charge >= 0.3 is 5.97 Å². The highest BCUT2D eigenvalue weighted by Crippen LogP contribution is 2.35. The molecule has 28 heavy (non-hydrogen) atoms. The molecule has 8 nitrogen and oxygen atoms in total. The van der Waals surface area contributed by atoms with Crippen LogP contribution in [-0.4, -0.2) is 45.2 Å². The van der Waals surface area contributed by atoms with Crippen LogP contribution in [0.2, 0.25) is 5.15 Å². The number of hydrogen-bond acceptors (Lipinski definition) is 5. The van der Waals surface area contributed by atoms with Crippen LogP contribution in [0.1, 0.15) is 43.2 Å². The van der Waals surface area contributed by atoms with Gasteiger partial charge < -0.3 is 10.4 Å². The number of carbonyl (C=O) groups is 4. The minimum Gasteiger partial charge on any atom is -0.481 e. The third-order valence-corrected chi connectivity index (χ3v) is 4.42. The van der Waals surface area contributed by atoms with Crippen LogP contribution < -0.4 is 5.32 Å². The third-order valence-electron chi connectivity index (χ3n) is 4.15. The standard InChI is InChI=1S/C18H13ClFN3O5/c1-8-14(22-16(26)9-2-4-10(20)5-3-9)12-13(15(19)21-8)18(28)23(17(12)27)7-6-11(24)25/h2-5H,6-7H2,1H3,(H,22,26)(H,24,25). The van der Waals surface area contributed by atoms with E-state index in [2.05, 4.69) is 10.3 Å². The number of nitrogens with one attached hydrogen (secondary N) is 1. The topological polar surface area (TPSA) is 117 Å². The fourth-order valence-corrected chi connectivity index (χ4v) is 3.09. The van der Waals surface area contributed by atoms with E-state index < -0.39 is 35.9 Å². The lowest BCUT2D eigenvalue weighted by Gasteiger charge is -2.13. The van der Waals surface area contributed by atoms with Crippen molar-refractivity contribution < 1.29 is 28.7 Å². The summed E-state index contributed by atoms with van der Waals surface area (Å²) in [5, 5.41) is 11.1. The van der Waals surface area contributed by atoms with Crippen LogP contribution in [0.5, 0.6) is 0 Å². The highest BCUT2D eigenvalue weighted by molar-refractivity contribution is 6.37. The van der Waals surface area contributed by atoms with Gasteiger partial charge in [-0.05, 0) is 31.2 Å². The number of aliphatic carboxylic acids is 1. The first-order valence-corrected chi connectivity index (χ1v) is 8.43. The Morgan fingerprint density at radius 1 is 1.18 bits per heavy atom. The van der Waals surface area contributed by atoms with Crippen LogP contribution in [0.25, 0.3) is 0 Å². The molecular weight excluding hydrogens is 393 g/mol. The Balaban J connectivity index is 2.00. The smallest absolute Gasteiger partial charge is 0.305 e. The fraction of sp³-hybridized carbons (Fsp3) is 0.167. The number of imide groups is 1. The van der Waals surface area contributed by atoms with Crippen molar-refractivity contribution in [1.29, 1.82) is 0 Å². The molecule has 0 saturated carbocycles. The third kappa shape index (κ3) is 3.44. The number of carboxylic acids is 1. The fourth-order valence-electron chi connectivity index (χ4n) is 2.79. The minimum absolute atomic E-state index is 0.00935. The summed E-state index contributed by atoms with van der Waals surface area (Å²) >= 11 is 6.02. The van der Waals surface area contributed by atoms with Crippen molar-refractivity contribution in [2.24, 2.45) is 0 Å². The van der Waals surface area contributed by atoms with Crippen molar-refractivity contribution >= 4 is 41.0 Å². The van der Waals surface area contributed by atoms with E-state index in [1.54, 1.807) is 0 Å². The number of hydrogen-bond donors (Lipinski definition) is 2. The zero-order valence-electron chi connectivity index (χ0n) is 14.5. The van der Waals surface area contributed by atoms with Crippen molar-refractivity contribution in [2.75, 3.05) is 11.9 Å². The Labute approximate surface area is 162 Å². The highest BCUT2D eigenvalue weighted by atomic mass is 35.5. The lowest BCUT2D eigenvalue weighted by atomic mass is 10.1. The Bertz CT molecular complexity index is 1020. The summed E-state index contributed by atoms with van der Waals surface area (Å²) in [7, 11) is 0. The maximum atomic E-state index is 13.0. The minimum atomic E-state index is -1.18. The lowest BCUT2D eigenvalue weighted by molar-refractivity contribution is -0.137. The largest absolute Gasteiger partial charge is 0.481 e. The number of aryl methyl sites for hydroxylation is 1. The normalized spacial score (nSPS) is 12.9. The molecule has 0 bridgehead atoms. The molecule has 3 amide bonds. The molecule has 1 aliphatic heterocycles. The highest BCUT2D eigenvalue weighted by Gasteiger charge is 2.41. The second kappa shape index (κ2) is 7.35. The number of halogens is 2. The van der Waals surface area contributed by atoms with Crippen LogP contribution in [0, 0.1) is 12.7 Å². The van der Waals surface area contributed by atoms with Gasteiger partial charge in [0, 0.05) is 12.1 Å². The predicted octanol–water partition coefficient (Wildman–Crippen LogP) is 2.51. The molecule has 2 heterocycles. The number of anilines is 1. The number of carboxylic acid groups (broad SMARTS) is 1. The maximum Gasteiger partial charge on any atom is 0.305 e. The van der Waals surface area contributed by atoms with Crippen LogP contribution in [0.4, 0.5) is 10.1 Å². The van der Waals surface area contributed by atoms with Crippen molar-refractivity contribution in [3.8, 4) is 0 Å². The summed E-state index contributed by atoms with van der Waals surface area (Å²) in [4.78, 5) is 53.3. The van der Waals surface area contributed by atoms with Gasteiger partial charge in [-0.1, -0.05) is 11.6 Å². The van der Waals surface area contributed by atoms with E-state index >= 15 is 0 Å². The molecule has 2 aromatic rings. The molecule has 0 radical (unpaired) electrons. The molecule has 10 heteroatoms. The van der Waals surface area contributed by atoms with Gasteiger partial charge in [0.2, 0.25) is 0 Å². The van der Waals surface area contributed by atoms with E-state index in [1.807, 2.05) is 0 Å². The summed E-state index contributed by atoms with van der Waals surface area (Å²) < 4.78 is 13.0. The van der Waals surface area contributed by atoms with Crippen molar-refractivity contribution in [3.05, 3.63) is 57.6 Å². The van der Waals surface area contributed by atoms with E-state index in [9.17, 15) is 23.6 Å². The Morgan fingerprint density at radius 3 is 2.39 bits per heavy atom. The lowest BCUT2D eigenvalue weighted by Crippen LogP contribution is -2.32. The van der Waals surface area contributed by atoms with E-state index in [-0.39, 0.29) is 39.8 Å². The molecule has 2 N–H and O–H groups in total. The quantitative estimate of drug-likeness (QED) is 0.583. The number of benzene rings is 1. The number of fused-ring (bicyclic) bond motifs is 1. The van der Waals surface area contributed by atoms with E-state index in [0.717, 1.165) is 17.0 Å².